The van der Waals surface area contributed by atoms with Crippen LogP contribution in [0.3, 0.4) is 0 Å². The Morgan fingerprint density at radius 3 is 2.52 bits per heavy atom. The van der Waals surface area contributed by atoms with E-state index in [0.717, 1.165) is 0 Å². The van der Waals surface area contributed by atoms with Crippen LogP contribution >= 0.6 is 0 Å². The summed E-state index contributed by atoms with van der Waals surface area (Å²) in [6.07, 6.45) is -8.53. The first-order valence-corrected chi connectivity index (χ1v) is 7.41. The number of carboxylic acids is 1. The second kappa shape index (κ2) is 6.45. The molecule has 0 radical (unpaired) electrons. The third kappa shape index (κ3) is 3.22. The van der Waals surface area contributed by atoms with E-state index in [4.69, 9.17) is 19.0 Å². The molecule has 5 atom stereocenters. The van der Waals surface area contributed by atoms with Gasteiger partial charge in [-0.05, 0) is 24.6 Å². The van der Waals surface area contributed by atoms with E-state index in [-0.39, 0.29) is 11.3 Å². The molecule has 2 aromatic rings. The first-order valence-electron chi connectivity index (χ1n) is 7.41. The van der Waals surface area contributed by atoms with Crippen molar-refractivity contribution in [1.29, 1.82) is 0 Å². The molecule has 0 bridgehead atoms. The number of aliphatic hydroxyl groups excluding tert-OH is 3. The molecule has 3 rings (SSSR count). The molecule has 0 spiro atoms. The highest BCUT2D eigenvalue weighted by Gasteiger charge is 2.48. The molecule has 1 unspecified atom stereocenters. The monoisotopic (exact) mass is 352 g/mol. The zero-order valence-electron chi connectivity index (χ0n) is 13.0. The number of fused-ring (bicyclic) bond motifs is 1. The lowest BCUT2D eigenvalue weighted by Crippen LogP contribution is -2.61. The summed E-state index contributed by atoms with van der Waals surface area (Å²) < 4.78 is 15.5. The normalized spacial score (nSPS) is 29.5. The highest BCUT2D eigenvalue weighted by atomic mass is 16.7. The van der Waals surface area contributed by atoms with Crippen molar-refractivity contribution in [1.82, 2.24) is 0 Å². The van der Waals surface area contributed by atoms with Crippen molar-refractivity contribution in [2.24, 2.45) is 0 Å². The molecule has 1 aromatic carbocycles. The van der Waals surface area contributed by atoms with Gasteiger partial charge in [-0.25, -0.2) is 9.59 Å². The van der Waals surface area contributed by atoms with Crippen LogP contribution in [0.25, 0.3) is 11.0 Å². The molecule has 0 saturated carbocycles. The van der Waals surface area contributed by atoms with E-state index in [2.05, 4.69) is 0 Å². The topological polar surface area (TPSA) is 147 Å². The van der Waals surface area contributed by atoms with Crippen molar-refractivity contribution in [3.05, 3.63) is 40.2 Å². The van der Waals surface area contributed by atoms with Gasteiger partial charge in [-0.1, -0.05) is 0 Å². The molecule has 9 heteroatoms. The minimum atomic E-state index is -1.80. The van der Waals surface area contributed by atoms with Gasteiger partial charge in [0.05, 0.1) is 0 Å². The highest BCUT2D eigenvalue weighted by molar-refractivity contribution is 5.81. The predicted octanol–water partition coefficient (Wildman–Crippen LogP) is -0.628. The molecule has 1 saturated heterocycles. The van der Waals surface area contributed by atoms with Gasteiger partial charge in [-0.3, -0.25) is 0 Å². The number of rotatable bonds is 3. The van der Waals surface area contributed by atoms with E-state index in [1.165, 1.54) is 18.2 Å². The lowest BCUT2D eigenvalue weighted by atomic mass is 9.99. The van der Waals surface area contributed by atoms with Crippen LogP contribution in [-0.4, -0.2) is 57.1 Å². The summed E-state index contributed by atoms with van der Waals surface area (Å²) in [6.45, 7) is 1.74. The fourth-order valence-electron chi connectivity index (χ4n) is 2.66. The molecule has 25 heavy (non-hydrogen) atoms. The molecule has 0 amide bonds. The maximum absolute atomic E-state index is 11.5. The van der Waals surface area contributed by atoms with Crippen molar-refractivity contribution in [2.75, 3.05) is 0 Å². The summed E-state index contributed by atoms with van der Waals surface area (Å²) >= 11 is 0. The number of carbonyl (C=O) groups is 1. The van der Waals surface area contributed by atoms with Crippen molar-refractivity contribution in [3.8, 4) is 5.75 Å². The highest BCUT2D eigenvalue weighted by Crippen LogP contribution is 2.27. The van der Waals surface area contributed by atoms with E-state index in [1.54, 1.807) is 13.0 Å². The summed E-state index contributed by atoms with van der Waals surface area (Å²) in [6, 6.07) is 5.86. The number of aliphatic carboxylic acids is 1. The predicted molar refractivity (Wildman–Crippen MR) is 82.2 cm³/mol. The van der Waals surface area contributed by atoms with Crippen molar-refractivity contribution < 1.29 is 39.1 Å². The zero-order valence-corrected chi connectivity index (χ0v) is 13.0. The minimum absolute atomic E-state index is 0.123. The Bertz CT molecular complexity index is 858. The molecule has 1 fully saturated rings. The number of aryl methyl sites for hydroxylation is 1. The van der Waals surface area contributed by atoms with Crippen LogP contribution in [0.4, 0.5) is 0 Å². The molecule has 134 valence electrons. The number of hydrogen-bond donors (Lipinski definition) is 4. The smallest absolute Gasteiger partial charge is 0.336 e. The average molecular weight is 352 g/mol. The molecular formula is C16H16O9. The molecular weight excluding hydrogens is 336 g/mol. The molecule has 9 nitrogen and oxygen atoms in total. The van der Waals surface area contributed by atoms with Gasteiger partial charge in [-0.2, -0.15) is 0 Å². The fourth-order valence-corrected chi connectivity index (χ4v) is 2.66. The van der Waals surface area contributed by atoms with Crippen LogP contribution < -0.4 is 10.4 Å². The standard InChI is InChI=1S/C16H16O9/c1-6-4-10(17)24-9-5-7(2-3-8(6)9)23-16-13(20)11(18)12(19)14(25-16)15(21)22/h2-5,11-14,16,18-20H,1H3,(H,21,22)/t11-,12+,13-,14?,16-/m1/s1. The van der Waals surface area contributed by atoms with Gasteiger partial charge in [0, 0.05) is 17.5 Å². The fraction of sp³-hybridized carbons (Fsp3) is 0.375. The largest absolute Gasteiger partial charge is 0.479 e. The average Bonchev–Trinajstić information content (AvgIpc) is 2.54. The molecule has 4 N–H and O–H groups in total. The van der Waals surface area contributed by atoms with Crippen LogP contribution in [0.1, 0.15) is 5.56 Å². The third-order valence-electron chi connectivity index (χ3n) is 3.99. The molecule has 0 aliphatic carbocycles. The van der Waals surface area contributed by atoms with Gasteiger partial charge in [0.15, 0.2) is 6.10 Å². The maximum Gasteiger partial charge on any atom is 0.336 e. The van der Waals surface area contributed by atoms with Crippen molar-refractivity contribution in [3.63, 3.8) is 0 Å². The third-order valence-corrected chi connectivity index (χ3v) is 3.99. The zero-order chi connectivity index (χ0) is 18.3. The number of ether oxygens (including phenoxy) is 2. The Hall–Kier alpha value is -2.46. The number of carboxylic acid groups (broad SMARTS) is 1. The van der Waals surface area contributed by atoms with Crippen LogP contribution in [-0.2, 0) is 9.53 Å². The molecule has 1 aromatic heterocycles. The molecule has 1 aliphatic rings. The van der Waals surface area contributed by atoms with Gasteiger partial charge in [-0.15, -0.1) is 0 Å². The number of benzene rings is 1. The SMILES string of the molecule is Cc1cc(=O)oc2cc(O[C@@H]3OC(C(=O)O)[C@@H](O)[C@@H](O)[C@H]3O)ccc12. The number of aliphatic hydroxyl groups is 3. The Morgan fingerprint density at radius 2 is 1.84 bits per heavy atom. The van der Waals surface area contributed by atoms with Crippen molar-refractivity contribution >= 4 is 16.9 Å². The van der Waals surface area contributed by atoms with E-state index in [9.17, 15) is 24.9 Å². The summed E-state index contributed by atoms with van der Waals surface area (Å²) in [4.78, 5) is 22.5. The van der Waals surface area contributed by atoms with E-state index < -0.39 is 42.3 Å². The maximum atomic E-state index is 11.5. The second-order valence-electron chi connectivity index (χ2n) is 5.76. The van der Waals surface area contributed by atoms with Crippen LogP contribution in [0, 0.1) is 6.92 Å². The minimum Gasteiger partial charge on any atom is -0.479 e. The van der Waals surface area contributed by atoms with Gasteiger partial charge in [0.2, 0.25) is 6.29 Å². The van der Waals surface area contributed by atoms with Gasteiger partial charge >= 0.3 is 11.6 Å². The first kappa shape index (κ1) is 17.4. The van der Waals surface area contributed by atoms with Gasteiger partial charge < -0.3 is 34.3 Å². The van der Waals surface area contributed by atoms with E-state index in [1.807, 2.05) is 0 Å². The summed E-state index contributed by atoms with van der Waals surface area (Å²) in [7, 11) is 0. The Morgan fingerprint density at radius 1 is 1.12 bits per heavy atom. The Labute approximate surface area is 140 Å². The van der Waals surface area contributed by atoms with Crippen LogP contribution in [0.15, 0.2) is 33.5 Å². The summed E-state index contributed by atoms with van der Waals surface area (Å²) in [5.74, 6) is -1.38. The van der Waals surface area contributed by atoms with Crippen LogP contribution in [0.2, 0.25) is 0 Å². The number of hydrogen-bond acceptors (Lipinski definition) is 8. The lowest BCUT2D eigenvalue weighted by molar-refractivity contribution is -0.271. The first-order chi connectivity index (χ1) is 11.8. The van der Waals surface area contributed by atoms with Crippen molar-refractivity contribution in [2.45, 2.75) is 37.6 Å². The molecule has 1 aliphatic heterocycles. The van der Waals surface area contributed by atoms with Gasteiger partial charge in [0.25, 0.3) is 0 Å². The lowest BCUT2D eigenvalue weighted by Gasteiger charge is -2.38. The second-order valence-corrected chi connectivity index (χ2v) is 5.76. The van der Waals surface area contributed by atoms with E-state index in [0.29, 0.717) is 10.9 Å². The van der Waals surface area contributed by atoms with Crippen LogP contribution in [0.5, 0.6) is 5.75 Å². The van der Waals surface area contributed by atoms with E-state index >= 15 is 0 Å². The Balaban J connectivity index is 1.89. The molecule has 2 heterocycles. The summed E-state index contributed by atoms with van der Waals surface area (Å²) in [5, 5.41) is 39.1. The van der Waals surface area contributed by atoms with Gasteiger partial charge in [0.1, 0.15) is 29.6 Å². The Kier molecular flexibility index (Phi) is 4.48. The summed E-state index contributed by atoms with van der Waals surface area (Å²) in [5.41, 5.74) is 0.403. The quantitative estimate of drug-likeness (QED) is 0.530.